The first-order chi connectivity index (χ1) is 10.2. The second kappa shape index (κ2) is 5.52. The molecule has 0 aliphatic heterocycles. The van der Waals surface area contributed by atoms with Gasteiger partial charge in [0.1, 0.15) is 5.82 Å². The summed E-state index contributed by atoms with van der Waals surface area (Å²) in [5.41, 5.74) is 1.23. The molecule has 1 fully saturated rings. The highest BCUT2D eigenvalue weighted by molar-refractivity contribution is 5.95. The molecule has 21 heavy (non-hydrogen) atoms. The third-order valence-electron chi connectivity index (χ3n) is 3.64. The normalized spacial score (nSPS) is 19.9. The molecule has 1 heterocycles. The van der Waals surface area contributed by atoms with E-state index in [1.165, 1.54) is 19.4 Å². The second-order valence-electron chi connectivity index (χ2n) is 5.05. The molecule has 2 atom stereocenters. The third kappa shape index (κ3) is 2.86. The van der Waals surface area contributed by atoms with E-state index in [0.717, 1.165) is 0 Å². The van der Waals surface area contributed by atoms with Crippen molar-refractivity contribution >= 4 is 11.6 Å². The molecule has 1 aromatic heterocycles. The zero-order valence-corrected chi connectivity index (χ0v) is 11.5. The minimum Gasteiger partial charge on any atom is -0.481 e. The van der Waals surface area contributed by atoms with Crippen LogP contribution < -0.4 is 10.1 Å². The fraction of sp³-hybridized carbons (Fsp3) is 0.250. The lowest BCUT2D eigenvalue weighted by Crippen LogP contribution is -2.14. The van der Waals surface area contributed by atoms with Crippen molar-refractivity contribution in [3.8, 4) is 5.88 Å². The predicted molar refractivity (Wildman–Crippen MR) is 76.7 cm³/mol. The summed E-state index contributed by atoms with van der Waals surface area (Å²) in [6.07, 6.45) is 2.22. The Bertz CT molecular complexity index is 658. The van der Waals surface area contributed by atoms with Crippen LogP contribution >= 0.6 is 0 Å². The van der Waals surface area contributed by atoms with Gasteiger partial charge in [0.2, 0.25) is 11.8 Å². The highest BCUT2D eigenvalue weighted by Crippen LogP contribution is 2.48. The Labute approximate surface area is 122 Å². The van der Waals surface area contributed by atoms with Gasteiger partial charge < -0.3 is 10.1 Å². The number of ether oxygens (including phenoxy) is 1. The molecule has 4 nitrogen and oxygen atoms in total. The first kappa shape index (κ1) is 13.5. The molecule has 0 bridgehead atoms. The number of benzene rings is 1. The number of nitrogens with zero attached hydrogens (tertiary/aromatic N) is 1. The number of carbonyl (C=O) groups is 1. The minimum absolute atomic E-state index is 0.0302. The third-order valence-corrected chi connectivity index (χ3v) is 3.64. The van der Waals surface area contributed by atoms with Crippen molar-refractivity contribution in [2.75, 3.05) is 12.4 Å². The van der Waals surface area contributed by atoms with Crippen molar-refractivity contribution in [3.63, 3.8) is 0 Å². The molecule has 1 saturated carbocycles. The number of methoxy groups -OCH3 is 1. The Kier molecular flexibility index (Phi) is 3.56. The van der Waals surface area contributed by atoms with Crippen LogP contribution in [0.1, 0.15) is 17.9 Å². The average molecular weight is 286 g/mol. The quantitative estimate of drug-likeness (QED) is 0.940. The molecule has 1 aliphatic rings. The van der Waals surface area contributed by atoms with Gasteiger partial charge in [-0.3, -0.25) is 4.79 Å². The number of pyridine rings is 1. The Balaban J connectivity index is 1.64. The van der Waals surface area contributed by atoms with Crippen molar-refractivity contribution in [1.29, 1.82) is 0 Å². The van der Waals surface area contributed by atoms with E-state index < -0.39 is 0 Å². The lowest BCUT2D eigenvalue weighted by Gasteiger charge is -2.06. The maximum Gasteiger partial charge on any atom is 0.228 e. The van der Waals surface area contributed by atoms with E-state index in [1.54, 1.807) is 30.3 Å². The molecule has 2 aromatic rings. The van der Waals surface area contributed by atoms with Crippen LogP contribution in [0.25, 0.3) is 0 Å². The second-order valence-corrected chi connectivity index (χ2v) is 5.05. The molecule has 1 N–H and O–H groups in total. The van der Waals surface area contributed by atoms with E-state index in [9.17, 15) is 9.18 Å². The average Bonchev–Trinajstić information content (AvgIpc) is 3.29. The number of hydrogen-bond donors (Lipinski definition) is 1. The van der Waals surface area contributed by atoms with Gasteiger partial charge in [-0.15, -0.1) is 0 Å². The van der Waals surface area contributed by atoms with E-state index in [2.05, 4.69) is 10.3 Å². The van der Waals surface area contributed by atoms with Crippen LogP contribution in [0.4, 0.5) is 10.1 Å². The summed E-state index contributed by atoms with van der Waals surface area (Å²) < 4.78 is 18.6. The van der Waals surface area contributed by atoms with E-state index >= 15 is 0 Å². The SMILES string of the molecule is COc1ccc(NC(=O)C2CC2c2ccccc2F)cn1. The summed E-state index contributed by atoms with van der Waals surface area (Å²) in [5, 5.41) is 2.79. The number of halogens is 1. The summed E-state index contributed by atoms with van der Waals surface area (Å²) in [4.78, 5) is 16.2. The largest absolute Gasteiger partial charge is 0.481 e. The Morgan fingerprint density at radius 3 is 2.81 bits per heavy atom. The lowest BCUT2D eigenvalue weighted by atomic mass is 10.1. The Morgan fingerprint density at radius 2 is 2.14 bits per heavy atom. The zero-order chi connectivity index (χ0) is 14.8. The van der Waals surface area contributed by atoms with Gasteiger partial charge >= 0.3 is 0 Å². The fourth-order valence-corrected chi connectivity index (χ4v) is 2.41. The van der Waals surface area contributed by atoms with Gasteiger partial charge in [0.15, 0.2) is 0 Å². The van der Waals surface area contributed by atoms with Crippen molar-refractivity contribution in [2.24, 2.45) is 5.92 Å². The number of aromatic nitrogens is 1. The highest BCUT2D eigenvalue weighted by Gasteiger charge is 2.45. The molecule has 0 spiro atoms. The van der Waals surface area contributed by atoms with E-state index in [1.807, 2.05) is 0 Å². The molecule has 0 saturated heterocycles. The molecule has 3 rings (SSSR count). The van der Waals surface area contributed by atoms with Crippen LogP contribution in [0.15, 0.2) is 42.6 Å². The lowest BCUT2D eigenvalue weighted by molar-refractivity contribution is -0.117. The predicted octanol–water partition coefficient (Wildman–Crippen LogP) is 2.97. The fourth-order valence-electron chi connectivity index (χ4n) is 2.41. The molecule has 2 unspecified atom stereocenters. The van der Waals surface area contributed by atoms with Crippen LogP contribution in [0.3, 0.4) is 0 Å². The molecular formula is C16H15FN2O2. The van der Waals surface area contributed by atoms with Gasteiger partial charge in [0.05, 0.1) is 19.0 Å². The molecular weight excluding hydrogens is 271 g/mol. The highest BCUT2D eigenvalue weighted by atomic mass is 19.1. The van der Waals surface area contributed by atoms with Crippen molar-refractivity contribution < 1.29 is 13.9 Å². The molecule has 1 amide bonds. The van der Waals surface area contributed by atoms with Gasteiger partial charge in [0.25, 0.3) is 0 Å². The molecule has 108 valence electrons. The van der Waals surface area contributed by atoms with E-state index in [0.29, 0.717) is 23.6 Å². The molecule has 0 radical (unpaired) electrons. The van der Waals surface area contributed by atoms with Crippen LogP contribution in [0.5, 0.6) is 5.88 Å². The van der Waals surface area contributed by atoms with Crippen LogP contribution in [-0.2, 0) is 4.79 Å². The van der Waals surface area contributed by atoms with Crippen LogP contribution in [0, 0.1) is 11.7 Å². The Morgan fingerprint density at radius 1 is 1.33 bits per heavy atom. The summed E-state index contributed by atoms with van der Waals surface area (Å²) in [5.74, 6) is -0.0656. The Hall–Kier alpha value is -2.43. The summed E-state index contributed by atoms with van der Waals surface area (Å²) in [6, 6.07) is 10.0. The van der Waals surface area contributed by atoms with Gasteiger partial charge in [-0.2, -0.15) is 0 Å². The maximum absolute atomic E-state index is 13.7. The summed E-state index contributed by atoms with van der Waals surface area (Å²) >= 11 is 0. The number of anilines is 1. The monoisotopic (exact) mass is 286 g/mol. The number of nitrogens with one attached hydrogen (secondary N) is 1. The maximum atomic E-state index is 13.7. The number of carbonyl (C=O) groups excluding carboxylic acids is 1. The van der Waals surface area contributed by atoms with Gasteiger partial charge in [-0.05, 0) is 30.0 Å². The van der Waals surface area contributed by atoms with Crippen LogP contribution in [-0.4, -0.2) is 18.0 Å². The van der Waals surface area contributed by atoms with Crippen molar-refractivity contribution in [3.05, 3.63) is 54.0 Å². The van der Waals surface area contributed by atoms with Gasteiger partial charge in [0, 0.05) is 12.0 Å². The van der Waals surface area contributed by atoms with Gasteiger partial charge in [-0.1, -0.05) is 18.2 Å². The van der Waals surface area contributed by atoms with Crippen molar-refractivity contribution in [2.45, 2.75) is 12.3 Å². The summed E-state index contributed by atoms with van der Waals surface area (Å²) in [6.45, 7) is 0. The number of hydrogen-bond acceptors (Lipinski definition) is 3. The standard InChI is InChI=1S/C16H15FN2O2/c1-21-15-7-6-10(9-18-15)19-16(20)13-8-12(13)11-4-2-3-5-14(11)17/h2-7,9,12-13H,8H2,1H3,(H,19,20). The van der Waals surface area contributed by atoms with Crippen molar-refractivity contribution in [1.82, 2.24) is 4.98 Å². The van der Waals surface area contributed by atoms with Crippen LogP contribution in [0.2, 0.25) is 0 Å². The first-order valence-electron chi connectivity index (χ1n) is 6.74. The first-order valence-corrected chi connectivity index (χ1v) is 6.74. The van der Waals surface area contributed by atoms with E-state index in [-0.39, 0.29) is 23.6 Å². The smallest absolute Gasteiger partial charge is 0.228 e. The van der Waals surface area contributed by atoms with Gasteiger partial charge in [-0.25, -0.2) is 9.37 Å². The molecule has 5 heteroatoms. The molecule has 1 aromatic carbocycles. The number of amides is 1. The minimum atomic E-state index is -0.246. The van der Waals surface area contributed by atoms with E-state index in [4.69, 9.17) is 4.74 Å². The number of rotatable bonds is 4. The molecule has 1 aliphatic carbocycles. The topological polar surface area (TPSA) is 51.2 Å². The summed E-state index contributed by atoms with van der Waals surface area (Å²) in [7, 11) is 1.53. The zero-order valence-electron chi connectivity index (χ0n) is 11.5.